The Labute approximate surface area is 204 Å². The summed E-state index contributed by atoms with van der Waals surface area (Å²) in [6, 6.07) is 19.4. The lowest BCUT2D eigenvalue weighted by Gasteiger charge is -2.23. The first kappa shape index (κ1) is 26.3. The van der Waals surface area contributed by atoms with Crippen LogP contribution in [0.15, 0.2) is 67.0 Å². The molecule has 1 atom stereocenters. The summed E-state index contributed by atoms with van der Waals surface area (Å²) in [5, 5.41) is 4.16. The number of fused-ring (bicyclic) bond motifs is 1. The van der Waals surface area contributed by atoms with Crippen LogP contribution in [0.2, 0.25) is 0 Å². The zero-order valence-corrected chi connectivity index (χ0v) is 18.7. The van der Waals surface area contributed by atoms with Crippen molar-refractivity contribution in [3.05, 3.63) is 113 Å². The van der Waals surface area contributed by atoms with Crippen LogP contribution in [0.5, 0.6) is 0 Å². The largest absolute Gasteiger partial charge is 0.673 e. The highest BCUT2D eigenvalue weighted by molar-refractivity contribution is 6.50. The molecule has 194 valence electrons. The van der Waals surface area contributed by atoms with Crippen LogP contribution in [0.4, 0.5) is 39.2 Å². The van der Waals surface area contributed by atoms with Crippen LogP contribution in [0, 0.1) is 29.1 Å². The fourth-order valence-electron chi connectivity index (χ4n) is 4.45. The van der Waals surface area contributed by atoms with Crippen LogP contribution in [0.25, 0.3) is 5.69 Å². The molecule has 1 aliphatic rings. The van der Waals surface area contributed by atoms with Gasteiger partial charge in [-0.05, 0) is 17.5 Å². The number of hydrogen-bond donors (Lipinski definition) is 0. The van der Waals surface area contributed by atoms with Gasteiger partial charge in [-0.2, -0.15) is 8.78 Å². The number of aryl methyl sites for hydroxylation is 1. The van der Waals surface area contributed by atoms with E-state index in [2.05, 4.69) is 5.10 Å². The van der Waals surface area contributed by atoms with Gasteiger partial charge in [-0.1, -0.05) is 65.3 Å². The van der Waals surface area contributed by atoms with E-state index in [1.54, 1.807) is 4.57 Å². The smallest absolute Gasteiger partial charge is 0.418 e. The maximum absolute atomic E-state index is 14.3. The number of nitrogens with zero attached hydrogens (tertiary/aromatic N) is 3. The van der Waals surface area contributed by atoms with Crippen LogP contribution >= 0.6 is 0 Å². The van der Waals surface area contributed by atoms with Crippen molar-refractivity contribution in [2.75, 3.05) is 0 Å². The second-order valence-electron chi connectivity index (χ2n) is 8.20. The highest BCUT2D eigenvalue weighted by atomic mass is 19.5. The molecule has 0 spiro atoms. The maximum Gasteiger partial charge on any atom is 0.673 e. The van der Waals surface area contributed by atoms with Crippen molar-refractivity contribution in [1.82, 2.24) is 9.78 Å². The van der Waals surface area contributed by atoms with Gasteiger partial charge in [0.1, 0.15) is 0 Å². The van der Waals surface area contributed by atoms with Crippen LogP contribution in [-0.4, -0.2) is 17.0 Å². The van der Waals surface area contributed by atoms with Crippen molar-refractivity contribution < 1.29 is 43.8 Å². The standard InChI is InChI=1S/C24H17F5N3.BF4/c25-19-20(26)22(28)24(23(29)21(19)27)32-13-31-16(11-12-17(31)30-32)18(14-7-3-1-4-8-14)15-9-5-2-6-10-15;2-1(3,4)5/h1-10,13,16,18H,11-12H2;/q+1;-1/t16-;/m0./s1. The predicted molar refractivity (Wildman–Crippen MR) is 116 cm³/mol. The fraction of sp³-hybridized carbons (Fsp3) is 0.167. The Morgan fingerprint density at radius 2 is 1.16 bits per heavy atom. The van der Waals surface area contributed by atoms with Gasteiger partial charge in [0.25, 0.3) is 5.82 Å². The van der Waals surface area contributed by atoms with Crippen LogP contribution in [0.1, 0.15) is 35.3 Å². The van der Waals surface area contributed by atoms with Gasteiger partial charge in [-0.3, -0.25) is 0 Å². The number of rotatable bonds is 4. The van der Waals surface area contributed by atoms with E-state index in [1.165, 1.54) is 6.33 Å². The van der Waals surface area contributed by atoms with Gasteiger partial charge in [-0.15, -0.1) is 0 Å². The molecule has 0 aliphatic carbocycles. The molecule has 3 nitrogen and oxygen atoms in total. The summed E-state index contributed by atoms with van der Waals surface area (Å²) in [4.78, 5) is 0. The minimum absolute atomic E-state index is 0.0855. The number of aromatic nitrogens is 3. The molecular weight excluding hydrogens is 512 g/mol. The molecule has 1 aromatic heterocycles. The van der Waals surface area contributed by atoms with Crippen molar-refractivity contribution in [2.45, 2.75) is 24.8 Å². The minimum Gasteiger partial charge on any atom is -0.418 e. The van der Waals surface area contributed by atoms with Gasteiger partial charge in [0.15, 0.2) is 0 Å². The van der Waals surface area contributed by atoms with Gasteiger partial charge >= 0.3 is 7.25 Å². The average Bonchev–Trinajstić information content (AvgIpc) is 3.44. The van der Waals surface area contributed by atoms with E-state index in [0.29, 0.717) is 18.7 Å². The lowest BCUT2D eigenvalue weighted by atomic mass is 9.84. The third-order valence-electron chi connectivity index (χ3n) is 5.89. The summed E-state index contributed by atoms with van der Waals surface area (Å²) in [5.41, 5.74) is 1.01. The lowest BCUT2D eigenvalue weighted by Crippen LogP contribution is -2.40. The van der Waals surface area contributed by atoms with Gasteiger partial charge in [0.2, 0.25) is 41.1 Å². The Hall–Kier alpha value is -3.77. The van der Waals surface area contributed by atoms with Gasteiger partial charge in [0, 0.05) is 17.4 Å². The van der Waals surface area contributed by atoms with Gasteiger partial charge in [0.05, 0.1) is 6.04 Å². The van der Waals surface area contributed by atoms with Crippen molar-refractivity contribution >= 4 is 7.25 Å². The first-order chi connectivity index (χ1) is 17.5. The number of hydrogen-bond acceptors (Lipinski definition) is 1. The van der Waals surface area contributed by atoms with Gasteiger partial charge in [-0.25, -0.2) is 17.7 Å². The highest BCUT2D eigenvalue weighted by Crippen LogP contribution is 2.37. The third-order valence-corrected chi connectivity index (χ3v) is 5.89. The molecule has 0 unspecified atom stereocenters. The molecule has 4 aromatic rings. The van der Waals surface area contributed by atoms with E-state index in [9.17, 15) is 39.2 Å². The molecule has 0 fully saturated rings. The third kappa shape index (κ3) is 5.49. The summed E-state index contributed by atoms with van der Waals surface area (Å²) in [6.07, 6.45) is 2.53. The molecule has 0 saturated carbocycles. The predicted octanol–water partition coefficient (Wildman–Crippen LogP) is 6.47. The first-order valence-electron chi connectivity index (χ1n) is 11.0. The Morgan fingerprint density at radius 3 is 1.62 bits per heavy atom. The average molecular weight is 529 g/mol. The minimum atomic E-state index is -6.00. The normalized spacial score (nSPS) is 14.9. The van der Waals surface area contributed by atoms with E-state index < -0.39 is 42.0 Å². The summed E-state index contributed by atoms with van der Waals surface area (Å²) in [6.45, 7) is 0. The molecule has 0 saturated heterocycles. The zero-order valence-electron chi connectivity index (χ0n) is 18.7. The molecule has 37 heavy (non-hydrogen) atoms. The molecule has 5 rings (SSSR count). The summed E-state index contributed by atoms with van der Waals surface area (Å²) in [5.74, 6) is -9.59. The fourth-order valence-corrected chi connectivity index (χ4v) is 4.45. The first-order valence-corrected chi connectivity index (χ1v) is 11.0. The summed E-state index contributed by atoms with van der Waals surface area (Å²) >= 11 is 0. The Balaban J connectivity index is 0.000000586. The summed E-state index contributed by atoms with van der Waals surface area (Å²) in [7, 11) is -6.00. The molecule has 0 bridgehead atoms. The monoisotopic (exact) mass is 529 g/mol. The number of benzene rings is 3. The second-order valence-corrected chi connectivity index (χ2v) is 8.20. The van der Waals surface area contributed by atoms with E-state index in [0.717, 1.165) is 15.8 Å². The summed E-state index contributed by atoms with van der Waals surface area (Å²) < 4.78 is 111. The van der Waals surface area contributed by atoms with Gasteiger partial charge < -0.3 is 17.3 Å². The molecule has 1 aliphatic heterocycles. The van der Waals surface area contributed by atoms with Crippen LogP contribution in [-0.2, 0) is 6.42 Å². The van der Waals surface area contributed by atoms with E-state index in [4.69, 9.17) is 0 Å². The Morgan fingerprint density at radius 1 is 0.730 bits per heavy atom. The van der Waals surface area contributed by atoms with Crippen molar-refractivity contribution in [3.8, 4) is 5.69 Å². The number of halogens is 9. The van der Waals surface area contributed by atoms with E-state index >= 15 is 0 Å². The Kier molecular flexibility index (Phi) is 7.33. The van der Waals surface area contributed by atoms with Crippen molar-refractivity contribution in [3.63, 3.8) is 0 Å². The van der Waals surface area contributed by atoms with E-state index in [-0.39, 0.29) is 12.0 Å². The van der Waals surface area contributed by atoms with Crippen LogP contribution in [0.3, 0.4) is 0 Å². The molecule has 2 heterocycles. The van der Waals surface area contributed by atoms with Crippen LogP contribution < -0.4 is 4.57 Å². The molecule has 0 amide bonds. The van der Waals surface area contributed by atoms with Crippen molar-refractivity contribution in [1.29, 1.82) is 0 Å². The van der Waals surface area contributed by atoms with Crippen molar-refractivity contribution in [2.24, 2.45) is 0 Å². The molecule has 3 aromatic carbocycles. The molecule has 0 radical (unpaired) electrons. The maximum atomic E-state index is 14.3. The lowest BCUT2D eigenvalue weighted by molar-refractivity contribution is -0.718. The second kappa shape index (κ2) is 10.3. The highest BCUT2D eigenvalue weighted by Gasteiger charge is 2.40. The molecular formula is C24H17BF9N3. The Bertz CT molecular complexity index is 1320. The SMILES string of the molecule is F[B-](F)(F)F.Fc1c(F)c(F)c(-n2c[n+]3c(n2)CC[C@H]3C(c2ccccc2)c2ccccc2)c(F)c1F. The molecule has 13 heteroatoms. The quantitative estimate of drug-likeness (QED) is 0.0977. The van der Waals surface area contributed by atoms with E-state index in [1.807, 2.05) is 60.7 Å². The topological polar surface area (TPSA) is 21.7 Å². The molecule has 0 N–H and O–H groups in total. The zero-order chi connectivity index (χ0) is 26.9.